The number of carbonyl (C=O) groups is 1. The number of aryl methyl sites for hydroxylation is 1. The van der Waals surface area contributed by atoms with E-state index in [9.17, 15) is 18.0 Å². The number of rotatable bonds is 6. The maximum absolute atomic E-state index is 12.8. The summed E-state index contributed by atoms with van der Waals surface area (Å²) in [6.07, 6.45) is -4.45. The summed E-state index contributed by atoms with van der Waals surface area (Å²) >= 11 is 1.95. The number of alkyl halides is 3. The third-order valence-corrected chi connectivity index (χ3v) is 5.56. The fourth-order valence-corrected chi connectivity index (χ4v) is 4.00. The van der Waals surface area contributed by atoms with E-state index in [0.717, 1.165) is 54.4 Å². The molecule has 1 aliphatic rings. The van der Waals surface area contributed by atoms with E-state index < -0.39 is 17.6 Å². The van der Waals surface area contributed by atoms with E-state index in [4.69, 9.17) is 4.74 Å². The number of amides is 1. The van der Waals surface area contributed by atoms with Gasteiger partial charge in [-0.25, -0.2) is 0 Å². The molecule has 0 unspecified atom stereocenters. The van der Waals surface area contributed by atoms with E-state index in [1.807, 2.05) is 36.9 Å². The minimum absolute atomic E-state index is 0.00316. The molecular formula is C21H23F3N2O2S. The first-order valence-electron chi connectivity index (χ1n) is 9.31. The molecule has 29 heavy (non-hydrogen) atoms. The molecule has 2 aromatic rings. The Morgan fingerprint density at radius 1 is 1.17 bits per heavy atom. The lowest BCUT2D eigenvalue weighted by Gasteiger charge is -2.26. The van der Waals surface area contributed by atoms with E-state index in [0.29, 0.717) is 5.69 Å². The first-order chi connectivity index (χ1) is 13.8. The van der Waals surface area contributed by atoms with Crippen LogP contribution in [0.4, 0.5) is 18.9 Å². The molecule has 4 nitrogen and oxygen atoms in total. The lowest BCUT2D eigenvalue weighted by Crippen LogP contribution is -2.32. The van der Waals surface area contributed by atoms with Crippen molar-refractivity contribution in [1.82, 2.24) is 4.90 Å². The Kier molecular flexibility index (Phi) is 7.08. The molecule has 1 saturated heterocycles. The number of nitrogens with one attached hydrogen (secondary N) is 1. The zero-order chi connectivity index (χ0) is 20.9. The van der Waals surface area contributed by atoms with Crippen LogP contribution in [0.15, 0.2) is 42.5 Å². The van der Waals surface area contributed by atoms with E-state index in [2.05, 4.69) is 10.2 Å². The normalized spacial score (nSPS) is 15.2. The topological polar surface area (TPSA) is 41.6 Å². The predicted molar refractivity (Wildman–Crippen MR) is 109 cm³/mol. The van der Waals surface area contributed by atoms with E-state index >= 15 is 0 Å². The molecule has 8 heteroatoms. The molecule has 0 atom stereocenters. The van der Waals surface area contributed by atoms with Gasteiger partial charge in [0.25, 0.3) is 5.91 Å². The van der Waals surface area contributed by atoms with E-state index in [1.165, 1.54) is 12.1 Å². The monoisotopic (exact) mass is 424 g/mol. The Morgan fingerprint density at radius 3 is 2.66 bits per heavy atom. The molecule has 2 aromatic carbocycles. The second-order valence-corrected chi connectivity index (χ2v) is 8.12. The quantitative estimate of drug-likeness (QED) is 0.737. The van der Waals surface area contributed by atoms with Crippen LogP contribution in [0.5, 0.6) is 5.75 Å². The number of thioether (sulfide) groups is 1. The fourth-order valence-electron chi connectivity index (χ4n) is 3.02. The standard InChI is InChI=1S/C21H23F3N2O2S/c1-15-5-6-16(13-26-7-9-29-10-8-26)11-19(15)25-20(27)14-28-18-4-2-3-17(12-18)21(22,23)24/h2-6,11-12H,7-10,13-14H2,1H3,(H,25,27). The summed E-state index contributed by atoms with van der Waals surface area (Å²) in [6, 6.07) is 10.4. The van der Waals surface area contributed by atoms with Crippen LogP contribution in [0.2, 0.25) is 0 Å². The summed E-state index contributed by atoms with van der Waals surface area (Å²) in [5.41, 5.74) is 1.90. The third kappa shape index (κ3) is 6.40. The van der Waals surface area contributed by atoms with Crippen molar-refractivity contribution in [2.75, 3.05) is 36.5 Å². The van der Waals surface area contributed by atoms with Crippen molar-refractivity contribution in [3.63, 3.8) is 0 Å². The van der Waals surface area contributed by atoms with Crippen LogP contribution in [0, 0.1) is 6.92 Å². The molecule has 1 fully saturated rings. The van der Waals surface area contributed by atoms with Crippen LogP contribution in [0.1, 0.15) is 16.7 Å². The largest absolute Gasteiger partial charge is 0.484 e. The number of anilines is 1. The summed E-state index contributed by atoms with van der Waals surface area (Å²) in [7, 11) is 0. The van der Waals surface area contributed by atoms with Crippen molar-refractivity contribution in [1.29, 1.82) is 0 Å². The maximum atomic E-state index is 12.8. The summed E-state index contributed by atoms with van der Waals surface area (Å²) in [5, 5.41) is 2.79. The third-order valence-electron chi connectivity index (χ3n) is 4.62. The second kappa shape index (κ2) is 9.54. The van der Waals surface area contributed by atoms with Gasteiger partial charge in [0.05, 0.1) is 5.56 Å². The highest BCUT2D eigenvalue weighted by atomic mass is 32.2. The van der Waals surface area contributed by atoms with Crippen molar-refractivity contribution in [3.05, 3.63) is 59.2 Å². The van der Waals surface area contributed by atoms with E-state index in [-0.39, 0.29) is 12.4 Å². The second-order valence-electron chi connectivity index (χ2n) is 6.90. The maximum Gasteiger partial charge on any atom is 0.416 e. The van der Waals surface area contributed by atoms with Gasteiger partial charge in [0.15, 0.2) is 6.61 Å². The van der Waals surface area contributed by atoms with Gasteiger partial charge in [-0.05, 0) is 42.3 Å². The number of benzene rings is 2. The molecule has 0 radical (unpaired) electrons. The molecular weight excluding hydrogens is 401 g/mol. The zero-order valence-electron chi connectivity index (χ0n) is 16.1. The van der Waals surface area contributed by atoms with Gasteiger partial charge in [-0.3, -0.25) is 9.69 Å². The minimum Gasteiger partial charge on any atom is -0.484 e. The Hall–Kier alpha value is -2.19. The average molecular weight is 424 g/mol. The summed E-state index contributed by atoms with van der Waals surface area (Å²) in [4.78, 5) is 14.6. The van der Waals surface area contributed by atoms with Gasteiger partial charge in [0.2, 0.25) is 0 Å². The van der Waals surface area contributed by atoms with Gasteiger partial charge in [-0.2, -0.15) is 24.9 Å². The molecule has 1 heterocycles. The Balaban J connectivity index is 1.58. The van der Waals surface area contributed by atoms with Crippen LogP contribution in [0.25, 0.3) is 0 Å². The molecule has 156 valence electrons. The first-order valence-corrected chi connectivity index (χ1v) is 10.5. The number of halogens is 3. The smallest absolute Gasteiger partial charge is 0.416 e. The fraction of sp³-hybridized carbons (Fsp3) is 0.381. The van der Waals surface area contributed by atoms with Gasteiger partial charge in [0, 0.05) is 36.8 Å². The number of hydrogen-bond acceptors (Lipinski definition) is 4. The molecule has 1 amide bonds. The molecule has 0 bridgehead atoms. The summed E-state index contributed by atoms with van der Waals surface area (Å²) < 4.78 is 43.5. The van der Waals surface area contributed by atoms with Gasteiger partial charge < -0.3 is 10.1 Å². The van der Waals surface area contributed by atoms with Gasteiger partial charge >= 0.3 is 6.18 Å². The molecule has 0 saturated carbocycles. The Morgan fingerprint density at radius 2 is 1.93 bits per heavy atom. The molecule has 1 N–H and O–H groups in total. The van der Waals surface area contributed by atoms with Crippen LogP contribution in [-0.2, 0) is 17.5 Å². The molecule has 3 rings (SSSR count). The number of ether oxygens (including phenoxy) is 1. The van der Waals surface area contributed by atoms with Crippen molar-refractivity contribution in [2.24, 2.45) is 0 Å². The van der Waals surface area contributed by atoms with Gasteiger partial charge in [-0.15, -0.1) is 0 Å². The number of nitrogens with zero attached hydrogens (tertiary/aromatic N) is 1. The van der Waals surface area contributed by atoms with Crippen LogP contribution >= 0.6 is 11.8 Å². The van der Waals surface area contributed by atoms with Crippen LogP contribution in [-0.4, -0.2) is 42.0 Å². The lowest BCUT2D eigenvalue weighted by atomic mass is 10.1. The first kappa shape index (κ1) is 21.5. The van der Waals surface area contributed by atoms with Gasteiger partial charge in [-0.1, -0.05) is 18.2 Å². The van der Waals surface area contributed by atoms with E-state index in [1.54, 1.807) is 0 Å². The Labute approximate surface area is 172 Å². The SMILES string of the molecule is Cc1ccc(CN2CCSCC2)cc1NC(=O)COc1cccc(C(F)(F)F)c1. The summed E-state index contributed by atoms with van der Waals surface area (Å²) in [5.74, 6) is 1.84. The Bertz CT molecular complexity index is 852. The number of hydrogen-bond donors (Lipinski definition) is 1. The minimum atomic E-state index is -4.45. The number of carbonyl (C=O) groups excluding carboxylic acids is 1. The highest BCUT2D eigenvalue weighted by molar-refractivity contribution is 7.99. The molecule has 0 aromatic heterocycles. The van der Waals surface area contributed by atoms with Crippen molar-refractivity contribution >= 4 is 23.4 Å². The van der Waals surface area contributed by atoms with Crippen LogP contribution in [0.3, 0.4) is 0 Å². The van der Waals surface area contributed by atoms with Crippen molar-refractivity contribution in [3.8, 4) is 5.75 Å². The average Bonchev–Trinajstić information content (AvgIpc) is 2.69. The zero-order valence-corrected chi connectivity index (χ0v) is 16.9. The lowest BCUT2D eigenvalue weighted by molar-refractivity contribution is -0.137. The van der Waals surface area contributed by atoms with Crippen molar-refractivity contribution in [2.45, 2.75) is 19.6 Å². The van der Waals surface area contributed by atoms with Crippen LogP contribution < -0.4 is 10.1 Å². The highest BCUT2D eigenvalue weighted by Crippen LogP contribution is 2.31. The predicted octanol–water partition coefficient (Wildman–Crippen LogP) is 4.58. The molecule has 1 aliphatic heterocycles. The molecule has 0 spiro atoms. The van der Waals surface area contributed by atoms with Crippen molar-refractivity contribution < 1.29 is 22.7 Å². The summed E-state index contributed by atoms with van der Waals surface area (Å²) in [6.45, 7) is 4.44. The van der Waals surface area contributed by atoms with Gasteiger partial charge in [0.1, 0.15) is 5.75 Å². The molecule has 0 aliphatic carbocycles. The highest BCUT2D eigenvalue weighted by Gasteiger charge is 2.30.